The molecule has 0 unspecified atom stereocenters. The fraction of sp³-hybridized carbons (Fsp3) is 0.545. The summed E-state index contributed by atoms with van der Waals surface area (Å²) in [7, 11) is 0. The summed E-state index contributed by atoms with van der Waals surface area (Å²) in [6.45, 7) is 12.6. The molecule has 0 radical (unpaired) electrons. The normalized spacial score (nSPS) is 10.0. The molecule has 1 aromatic heterocycles. The lowest BCUT2D eigenvalue weighted by molar-refractivity contribution is 0.632. The number of nitrogens with one attached hydrogen (secondary N) is 1. The Morgan fingerprint density at radius 3 is 2.56 bits per heavy atom. The number of hydrogen-bond acceptors (Lipinski definition) is 2. The van der Waals surface area contributed by atoms with Gasteiger partial charge in [0, 0.05) is 35.4 Å². The van der Waals surface area contributed by atoms with E-state index in [4.69, 9.17) is 0 Å². The van der Waals surface area contributed by atoms with E-state index in [0.717, 1.165) is 29.8 Å². The van der Waals surface area contributed by atoms with Gasteiger partial charge in [0.05, 0.1) is 5.69 Å². The highest BCUT2D eigenvalue weighted by molar-refractivity contribution is 9.11. The highest BCUT2D eigenvalue weighted by Gasteiger charge is 2.09. The van der Waals surface area contributed by atoms with Gasteiger partial charge in [-0.1, -0.05) is 22.5 Å². The molecule has 0 aliphatic rings. The molecular formula is C11H19BrClN3. The van der Waals surface area contributed by atoms with Crippen molar-refractivity contribution in [2.24, 2.45) is 0 Å². The molecule has 0 fully saturated rings. The Morgan fingerprint density at radius 1 is 1.50 bits per heavy atom. The summed E-state index contributed by atoms with van der Waals surface area (Å²) >= 11 is 3.33. The van der Waals surface area contributed by atoms with E-state index in [1.54, 1.807) is 0 Å². The Labute approximate surface area is 112 Å². The average Bonchev–Trinajstić information content (AvgIpc) is 2.44. The minimum Gasteiger partial charge on any atom is -0.308 e. The van der Waals surface area contributed by atoms with Crippen LogP contribution in [0.3, 0.4) is 0 Å². The molecule has 3 nitrogen and oxygen atoms in total. The molecule has 1 N–H and O–H groups in total. The number of halogens is 2. The number of hydrogen-bond donors (Lipinski definition) is 1. The molecule has 16 heavy (non-hydrogen) atoms. The number of nitrogens with zero attached hydrogens (tertiary/aromatic N) is 2. The predicted molar refractivity (Wildman–Crippen MR) is 74.4 cm³/mol. The molecule has 0 saturated heterocycles. The zero-order valence-corrected chi connectivity index (χ0v) is 12.4. The third-order valence-corrected chi connectivity index (χ3v) is 2.73. The SMILES string of the molecule is C=C(Br)CNCc1c(C)nn(CC)c1C.Cl. The smallest absolute Gasteiger partial charge is 0.0641 e. The summed E-state index contributed by atoms with van der Waals surface area (Å²) < 4.78 is 3.01. The largest absolute Gasteiger partial charge is 0.308 e. The van der Waals surface area contributed by atoms with E-state index in [-0.39, 0.29) is 12.4 Å². The van der Waals surface area contributed by atoms with Crippen LogP contribution in [0.4, 0.5) is 0 Å². The molecule has 1 aromatic rings. The molecule has 0 atom stereocenters. The topological polar surface area (TPSA) is 29.9 Å². The number of aromatic nitrogens is 2. The lowest BCUT2D eigenvalue weighted by Gasteiger charge is -2.04. The first-order chi connectivity index (χ1) is 7.06. The third-order valence-electron chi connectivity index (χ3n) is 2.45. The van der Waals surface area contributed by atoms with E-state index >= 15 is 0 Å². The lowest BCUT2D eigenvalue weighted by atomic mass is 10.2. The van der Waals surface area contributed by atoms with Gasteiger partial charge < -0.3 is 5.32 Å². The molecule has 5 heteroatoms. The summed E-state index contributed by atoms with van der Waals surface area (Å²) in [4.78, 5) is 0. The molecule has 0 saturated carbocycles. The minimum absolute atomic E-state index is 0. The molecular weight excluding hydrogens is 289 g/mol. The fourth-order valence-electron chi connectivity index (χ4n) is 1.62. The molecule has 0 aromatic carbocycles. The van der Waals surface area contributed by atoms with Crippen molar-refractivity contribution < 1.29 is 0 Å². The van der Waals surface area contributed by atoms with Crippen LogP contribution >= 0.6 is 28.3 Å². The summed E-state index contributed by atoms with van der Waals surface area (Å²) in [5.41, 5.74) is 3.66. The van der Waals surface area contributed by atoms with Crippen LogP contribution in [0.2, 0.25) is 0 Å². The number of rotatable bonds is 5. The van der Waals surface area contributed by atoms with E-state index < -0.39 is 0 Å². The van der Waals surface area contributed by atoms with Crippen molar-refractivity contribution >= 4 is 28.3 Å². The van der Waals surface area contributed by atoms with Crippen LogP contribution in [0.15, 0.2) is 11.1 Å². The van der Waals surface area contributed by atoms with E-state index in [2.05, 4.69) is 53.7 Å². The van der Waals surface area contributed by atoms with Crippen LogP contribution in [0.5, 0.6) is 0 Å². The van der Waals surface area contributed by atoms with E-state index in [1.807, 2.05) is 4.68 Å². The molecule has 0 bridgehead atoms. The van der Waals surface area contributed by atoms with Crippen molar-refractivity contribution in [3.63, 3.8) is 0 Å². The van der Waals surface area contributed by atoms with Gasteiger partial charge in [-0.15, -0.1) is 12.4 Å². The van der Waals surface area contributed by atoms with Crippen LogP contribution in [0.1, 0.15) is 23.9 Å². The monoisotopic (exact) mass is 307 g/mol. The first-order valence-corrected chi connectivity index (χ1v) is 5.92. The van der Waals surface area contributed by atoms with Gasteiger partial charge in [0.25, 0.3) is 0 Å². The van der Waals surface area contributed by atoms with Gasteiger partial charge in [-0.2, -0.15) is 5.10 Å². The van der Waals surface area contributed by atoms with Crippen molar-refractivity contribution in [1.82, 2.24) is 15.1 Å². The lowest BCUT2D eigenvalue weighted by Crippen LogP contribution is -2.15. The fourth-order valence-corrected chi connectivity index (χ4v) is 1.82. The van der Waals surface area contributed by atoms with Crippen LogP contribution < -0.4 is 5.32 Å². The Morgan fingerprint density at radius 2 is 2.12 bits per heavy atom. The standard InChI is InChI=1S/C11H18BrN3.ClH/c1-5-15-10(4)11(9(3)14-15)7-13-6-8(2)12;/h13H,2,5-7H2,1,3-4H3;1H. The zero-order valence-electron chi connectivity index (χ0n) is 10.0. The Balaban J connectivity index is 0.00000225. The second-order valence-corrected chi connectivity index (χ2v) is 4.71. The molecule has 1 rings (SSSR count). The van der Waals surface area contributed by atoms with Crippen LogP contribution in [0.25, 0.3) is 0 Å². The van der Waals surface area contributed by atoms with Crippen molar-refractivity contribution in [2.45, 2.75) is 33.9 Å². The van der Waals surface area contributed by atoms with Gasteiger partial charge in [0.2, 0.25) is 0 Å². The van der Waals surface area contributed by atoms with Crippen LogP contribution in [0, 0.1) is 13.8 Å². The Kier molecular flexibility index (Phi) is 6.95. The second kappa shape index (κ2) is 7.09. The molecule has 0 amide bonds. The van der Waals surface area contributed by atoms with E-state index in [0.29, 0.717) is 0 Å². The van der Waals surface area contributed by atoms with Gasteiger partial charge in [-0.05, 0) is 20.8 Å². The molecule has 1 heterocycles. The Bertz CT molecular complexity index is 360. The van der Waals surface area contributed by atoms with Crippen molar-refractivity contribution in [2.75, 3.05) is 6.54 Å². The molecule has 0 spiro atoms. The number of aryl methyl sites for hydroxylation is 2. The maximum Gasteiger partial charge on any atom is 0.0641 e. The van der Waals surface area contributed by atoms with Gasteiger partial charge in [0.1, 0.15) is 0 Å². The van der Waals surface area contributed by atoms with Gasteiger partial charge >= 0.3 is 0 Å². The minimum atomic E-state index is 0. The van der Waals surface area contributed by atoms with Crippen molar-refractivity contribution in [1.29, 1.82) is 0 Å². The maximum atomic E-state index is 4.47. The molecule has 0 aliphatic heterocycles. The van der Waals surface area contributed by atoms with Crippen LogP contribution in [-0.4, -0.2) is 16.3 Å². The predicted octanol–water partition coefficient (Wildman–Crippen LogP) is 2.94. The summed E-state index contributed by atoms with van der Waals surface area (Å²) in [6.07, 6.45) is 0. The average molecular weight is 309 g/mol. The van der Waals surface area contributed by atoms with E-state index in [1.165, 1.54) is 11.3 Å². The second-order valence-electron chi connectivity index (χ2n) is 3.59. The Hall–Kier alpha value is -0.320. The third kappa shape index (κ3) is 3.92. The van der Waals surface area contributed by atoms with Crippen molar-refractivity contribution in [3.8, 4) is 0 Å². The first-order valence-electron chi connectivity index (χ1n) is 5.13. The van der Waals surface area contributed by atoms with Gasteiger partial charge in [-0.25, -0.2) is 0 Å². The van der Waals surface area contributed by atoms with E-state index in [9.17, 15) is 0 Å². The quantitative estimate of drug-likeness (QED) is 0.906. The summed E-state index contributed by atoms with van der Waals surface area (Å²) in [5.74, 6) is 0. The summed E-state index contributed by atoms with van der Waals surface area (Å²) in [6, 6.07) is 0. The first kappa shape index (κ1) is 15.7. The highest BCUT2D eigenvalue weighted by atomic mass is 79.9. The maximum absolute atomic E-state index is 4.47. The highest BCUT2D eigenvalue weighted by Crippen LogP contribution is 2.12. The van der Waals surface area contributed by atoms with Gasteiger partial charge in [-0.3, -0.25) is 4.68 Å². The molecule has 0 aliphatic carbocycles. The zero-order chi connectivity index (χ0) is 11.4. The van der Waals surface area contributed by atoms with Crippen molar-refractivity contribution in [3.05, 3.63) is 28.0 Å². The van der Waals surface area contributed by atoms with Gasteiger partial charge in [0.15, 0.2) is 0 Å². The summed E-state index contributed by atoms with van der Waals surface area (Å²) in [5, 5.41) is 7.79. The van der Waals surface area contributed by atoms with Crippen LogP contribution in [-0.2, 0) is 13.1 Å². The molecule has 92 valence electrons.